The predicted molar refractivity (Wildman–Crippen MR) is 72.0 cm³/mol. The van der Waals surface area contributed by atoms with Crippen LogP contribution in [0.1, 0.15) is 33.1 Å². The minimum Gasteiger partial charge on any atom is -0.478 e. The van der Waals surface area contributed by atoms with Gasteiger partial charge in [-0.15, -0.1) is 0 Å². The van der Waals surface area contributed by atoms with Gasteiger partial charge in [0, 0.05) is 25.8 Å². The molecule has 0 aromatic carbocycles. The first-order valence-electron chi connectivity index (χ1n) is 6.63. The van der Waals surface area contributed by atoms with Crippen LogP contribution in [0.2, 0.25) is 0 Å². The van der Waals surface area contributed by atoms with Gasteiger partial charge in [0.2, 0.25) is 5.88 Å². The molecular formula is C13H23N3O2. The van der Waals surface area contributed by atoms with Gasteiger partial charge in [0.15, 0.2) is 0 Å². The zero-order chi connectivity index (χ0) is 13.1. The third kappa shape index (κ3) is 6.39. The predicted octanol–water partition coefficient (Wildman–Crippen LogP) is 2.49. The zero-order valence-electron chi connectivity index (χ0n) is 11.3. The second-order valence-electron chi connectivity index (χ2n) is 3.92. The largest absolute Gasteiger partial charge is 0.478 e. The highest BCUT2D eigenvalue weighted by Crippen LogP contribution is 2.11. The van der Waals surface area contributed by atoms with Gasteiger partial charge < -0.3 is 14.8 Å². The van der Waals surface area contributed by atoms with Crippen molar-refractivity contribution in [2.24, 2.45) is 0 Å². The van der Waals surface area contributed by atoms with Gasteiger partial charge in [-0.05, 0) is 19.8 Å². The molecular weight excluding hydrogens is 230 g/mol. The number of nitrogens with zero attached hydrogens (tertiary/aromatic N) is 2. The van der Waals surface area contributed by atoms with Crippen LogP contribution in [0, 0.1) is 0 Å². The molecule has 1 heterocycles. The summed E-state index contributed by atoms with van der Waals surface area (Å²) in [5.74, 6) is 1.43. The van der Waals surface area contributed by atoms with Crippen LogP contribution in [0.15, 0.2) is 12.4 Å². The Kier molecular flexibility index (Phi) is 7.88. The van der Waals surface area contributed by atoms with Crippen LogP contribution in [-0.2, 0) is 4.74 Å². The quantitative estimate of drug-likeness (QED) is 0.649. The van der Waals surface area contributed by atoms with E-state index >= 15 is 0 Å². The number of aromatic nitrogens is 2. The summed E-state index contributed by atoms with van der Waals surface area (Å²) < 4.78 is 10.8. The fourth-order valence-electron chi connectivity index (χ4n) is 1.37. The molecule has 0 aliphatic carbocycles. The molecule has 0 saturated carbocycles. The average Bonchev–Trinajstić information content (AvgIpc) is 2.39. The van der Waals surface area contributed by atoms with E-state index in [4.69, 9.17) is 9.47 Å². The summed E-state index contributed by atoms with van der Waals surface area (Å²) in [6, 6.07) is 1.83. The van der Waals surface area contributed by atoms with Gasteiger partial charge in [0.05, 0.1) is 6.61 Å². The van der Waals surface area contributed by atoms with E-state index in [0.717, 1.165) is 44.8 Å². The van der Waals surface area contributed by atoms with Crippen LogP contribution in [-0.4, -0.2) is 36.3 Å². The number of ether oxygens (including phenoxy) is 2. The summed E-state index contributed by atoms with van der Waals surface area (Å²) in [6.45, 7) is 7.21. The SMILES string of the molecule is CCCCOc1cc(NCCCOCC)ncn1. The van der Waals surface area contributed by atoms with Crippen molar-refractivity contribution in [3.05, 3.63) is 12.4 Å². The molecule has 0 aliphatic heterocycles. The third-order valence-corrected chi connectivity index (χ3v) is 2.37. The lowest BCUT2D eigenvalue weighted by atomic mass is 10.4. The number of anilines is 1. The molecule has 1 N–H and O–H groups in total. The van der Waals surface area contributed by atoms with Crippen molar-refractivity contribution in [1.29, 1.82) is 0 Å². The Morgan fingerprint density at radius 3 is 2.83 bits per heavy atom. The van der Waals surface area contributed by atoms with E-state index in [2.05, 4.69) is 22.2 Å². The molecule has 102 valence electrons. The van der Waals surface area contributed by atoms with Crippen molar-refractivity contribution in [3.8, 4) is 5.88 Å². The maximum Gasteiger partial charge on any atom is 0.218 e. The molecule has 18 heavy (non-hydrogen) atoms. The Labute approximate surface area is 109 Å². The average molecular weight is 253 g/mol. The van der Waals surface area contributed by atoms with Crippen molar-refractivity contribution in [1.82, 2.24) is 9.97 Å². The molecule has 5 nitrogen and oxygen atoms in total. The number of hydrogen-bond donors (Lipinski definition) is 1. The Morgan fingerprint density at radius 1 is 1.17 bits per heavy atom. The smallest absolute Gasteiger partial charge is 0.218 e. The first-order chi connectivity index (χ1) is 8.86. The summed E-state index contributed by atoms with van der Waals surface area (Å²) in [4.78, 5) is 8.21. The molecule has 0 radical (unpaired) electrons. The second kappa shape index (κ2) is 9.65. The second-order valence-corrected chi connectivity index (χ2v) is 3.92. The molecule has 0 aliphatic rings. The van der Waals surface area contributed by atoms with Gasteiger partial charge in [-0.3, -0.25) is 0 Å². The Bertz CT molecular complexity index is 321. The van der Waals surface area contributed by atoms with Gasteiger partial charge in [-0.1, -0.05) is 13.3 Å². The minimum atomic E-state index is 0.630. The molecule has 0 saturated heterocycles. The molecule has 1 rings (SSSR count). The summed E-state index contributed by atoms with van der Waals surface area (Å²) in [5.41, 5.74) is 0. The van der Waals surface area contributed by atoms with Crippen LogP contribution in [0.5, 0.6) is 5.88 Å². The number of nitrogens with one attached hydrogen (secondary N) is 1. The fraction of sp³-hybridized carbons (Fsp3) is 0.692. The van der Waals surface area contributed by atoms with E-state index < -0.39 is 0 Å². The maximum absolute atomic E-state index is 5.52. The third-order valence-electron chi connectivity index (χ3n) is 2.37. The van der Waals surface area contributed by atoms with E-state index in [1.807, 2.05) is 13.0 Å². The lowest BCUT2D eigenvalue weighted by Gasteiger charge is -2.07. The fourth-order valence-corrected chi connectivity index (χ4v) is 1.37. The van der Waals surface area contributed by atoms with Crippen molar-refractivity contribution in [3.63, 3.8) is 0 Å². The number of rotatable bonds is 10. The molecule has 5 heteroatoms. The Hall–Kier alpha value is -1.36. The molecule has 0 amide bonds. The highest BCUT2D eigenvalue weighted by Gasteiger charge is 1.99. The van der Waals surface area contributed by atoms with Crippen molar-refractivity contribution < 1.29 is 9.47 Å². The topological polar surface area (TPSA) is 56.3 Å². The van der Waals surface area contributed by atoms with Crippen molar-refractivity contribution in [2.45, 2.75) is 33.1 Å². The van der Waals surface area contributed by atoms with E-state index in [1.54, 1.807) is 0 Å². The summed E-state index contributed by atoms with van der Waals surface area (Å²) >= 11 is 0. The normalized spacial score (nSPS) is 10.3. The van der Waals surface area contributed by atoms with Crippen LogP contribution in [0.4, 0.5) is 5.82 Å². The Balaban J connectivity index is 2.26. The molecule has 0 unspecified atom stereocenters. The van der Waals surface area contributed by atoms with E-state index in [0.29, 0.717) is 12.5 Å². The van der Waals surface area contributed by atoms with E-state index in [9.17, 15) is 0 Å². The monoisotopic (exact) mass is 253 g/mol. The lowest BCUT2D eigenvalue weighted by molar-refractivity contribution is 0.147. The first kappa shape index (κ1) is 14.7. The maximum atomic E-state index is 5.52. The number of hydrogen-bond acceptors (Lipinski definition) is 5. The van der Waals surface area contributed by atoms with Gasteiger partial charge >= 0.3 is 0 Å². The van der Waals surface area contributed by atoms with E-state index in [-0.39, 0.29) is 0 Å². The zero-order valence-corrected chi connectivity index (χ0v) is 11.3. The highest BCUT2D eigenvalue weighted by molar-refractivity contribution is 5.36. The summed E-state index contributed by atoms with van der Waals surface area (Å²) in [5, 5.41) is 3.22. The van der Waals surface area contributed by atoms with Gasteiger partial charge in [-0.2, -0.15) is 0 Å². The van der Waals surface area contributed by atoms with Crippen LogP contribution in [0.25, 0.3) is 0 Å². The highest BCUT2D eigenvalue weighted by atomic mass is 16.5. The molecule has 0 spiro atoms. The van der Waals surface area contributed by atoms with Crippen molar-refractivity contribution in [2.75, 3.05) is 31.7 Å². The standard InChI is InChI=1S/C13H23N3O2/c1-3-5-9-18-13-10-12(15-11-16-13)14-7-6-8-17-4-2/h10-11H,3-9H2,1-2H3,(H,14,15,16). The molecule has 0 fully saturated rings. The molecule has 0 bridgehead atoms. The van der Waals surface area contributed by atoms with Crippen LogP contribution in [0.3, 0.4) is 0 Å². The molecule has 1 aromatic rings. The van der Waals surface area contributed by atoms with Crippen molar-refractivity contribution >= 4 is 5.82 Å². The summed E-state index contributed by atoms with van der Waals surface area (Å²) in [7, 11) is 0. The van der Waals surface area contributed by atoms with Crippen LogP contribution < -0.4 is 10.1 Å². The number of unbranched alkanes of at least 4 members (excludes halogenated alkanes) is 1. The molecule has 0 atom stereocenters. The van der Waals surface area contributed by atoms with Gasteiger partial charge in [-0.25, -0.2) is 9.97 Å². The Morgan fingerprint density at radius 2 is 2.06 bits per heavy atom. The molecule has 1 aromatic heterocycles. The van der Waals surface area contributed by atoms with E-state index in [1.165, 1.54) is 6.33 Å². The minimum absolute atomic E-state index is 0.630. The lowest BCUT2D eigenvalue weighted by Crippen LogP contribution is -2.07. The van der Waals surface area contributed by atoms with Crippen LogP contribution >= 0.6 is 0 Å². The van der Waals surface area contributed by atoms with Gasteiger partial charge in [0.1, 0.15) is 12.1 Å². The summed E-state index contributed by atoms with van der Waals surface area (Å²) in [6.07, 6.45) is 4.64. The first-order valence-corrected chi connectivity index (χ1v) is 6.63. The van der Waals surface area contributed by atoms with Gasteiger partial charge in [0.25, 0.3) is 0 Å².